The van der Waals surface area contributed by atoms with Crippen molar-refractivity contribution >= 4 is 17.7 Å². The van der Waals surface area contributed by atoms with Crippen molar-refractivity contribution in [3.05, 3.63) is 0 Å². The van der Waals surface area contributed by atoms with E-state index in [9.17, 15) is 9.18 Å². The van der Waals surface area contributed by atoms with Gasteiger partial charge in [-0.15, -0.1) is 0 Å². The number of carboxylic acids is 1. The minimum absolute atomic E-state index is 0.390. The Kier molecular flexibility index (Phi) is 4.23. The topological polar surface area (TPSA) is 37.3 Å². The smallest absolute Gasteiger partial charge is 0.313 e. The van der Waals surface area contributed by atoms with Crippen LogP contribution in [0.5, 0.6) is 0 Å². The largest absolute Gasteiger partial charge is 0.481 e. The van der Waals surface area contributed by atoms with Crippen molar-refractivity contribution in [1.82, 2.24) is 0 Å². The lowest BCUT2D eigenvalue weighted by Crippen LogP contribution is -2.45. The summed E-state index contributed by atoms with van der Waals surface area (Å²) >= 11 is 1.56. The zero-order chi connectivity index (χ0) is 10.6. The number of carboxylic acid groups (broad SMARTS) is 1. The van der Waals surface area contributed by atoms with Crippen LogP contribution in [0.1, 0.15) is 32.6 Å². The van der Waals surface area contributed by atoms with Crippen LogP contribution in [0.3, 0.4) is 0 Å². The number of thioether (sulfide) groups is 1. The van der Waals surface area contributed by atoms with E-state index in [1.807, 2.05) is 6.92 Å². The Balaban J connectivity index is 2.72. The average molecular weight is 220 g/mol. The molecule has 1 fully saturated rings. The van der Waals surface area contributed by atoms with Gasteiger partial charge in [0.25, 0.3) is 0 Å². The van der Waals surface area contributed by atoms with E-state index in [-0.39, 0.29) is 0 Å². The molecule has 0 amide bonds. The van der Waals surface area contributed by atoms with Gasteiger partial charge in [-0.25, -0.2) is 4.39 Å². The number of alkyl halides is 1. The van der Waals surface area contributed by atoms with Crippen molar-refractivity contribution in [2.75, 3.05) is 11.5 Å². The van der Waals surface area contributed by atoms with E-state index in [1.165, 1.54) is 0 Å². The minimum atomic E-state index is -1.16. The van der Waals surface area contributed by atoms with Crippen LogP contribution < -0.4 is 0 Å². The van der Waals surface area contributed by atoms with Crippen LogP contribution in [0.15, 0.2) is 0 Å². The average Bonchev–Trinajstić information content (AvgIpc) is 2.16. The second-order valence-electron chi connectivity index (χ2n) is 3.87. The van der Waals surface area contributed by atoms with E-state index in [2.05, 4.69) is 0 Å². The van der Waals surface area contributed by atoms with Crippen LogP contribution in [0.25, 0.3) is 0 Å². The molecule has 2 nitrogen and oxygen atoms in total. The van der Waals surface area contributed by atoms with E-state index < -0.39 is 17.6 Å². The highest BCUT2D eigenvalue weighted by Gasteiger charge is 2.47. The summed E-state index contributed by atoms with van der Waals surface area (Å²) in [6.07, 6.45) is 1.43. The van der Waals surface area contributed by atoms with E-state index in [4.69, 9.17) is 5.11 Å². The Bertz CT molecular complexity index is 210. The third-order valence-electron chi connectivity index (χ3n) is 2.88. The second-order valence-corrected chi connectivity index (χ2v) is 4.98. The molecule has 0 spiro atoms. The molecule has 4 heteroatoms. The lowest BCUT2D eigenvalue weighted by Gasteiger charge is -2.35. The van der Waals surface area contributed by atoms with Gasteiger partial charge in [0, 0.05) is 5.75 Å². The van der Waals surface area contributed by atoms with Gasteiger partial charge in [-0.1, -0.05) is 19.8 Å². The van der Waals surface area contributed by atoms with Crippen LogP contribution >= 0.6 is 11.8 Å². The fraction of sp³-hybridized carbons (Fsp3) is 0.900. The molecule has 1 aliphatic rings. The van der Waals surface area contributed by atoms with Crippen LogP contribution in [0.4, 0.5) is 4.39 Å². The second kappa shape index (κ2) is 5.01. The van der Waals surface area contributed by atoms with Gasteiger partial charge < -0.3 is 5.11 Å². The van der Waals surface area contributed by atoms with Crippen molar-refractivity contribution in [2.24, 2.45) is 5.41 Å². The molecule has 0 bridgehead atoms. The summed E-state index contributed by atoms with van der Waals surface area (Å²) in [5.41, 5.74) is -1.10. The molecule has 1 N–H and O–H groups in total. The highest BCUT2D eigenvalue weighted by atomic mass is 32.2. The molecule has 0 radical (unpaired) electrons. The first kappa shape index (κ1) is 11.8. The first-order valence-corrected chi connectivity index (χ1v) is 6.24. The minimum Gasteiger partial charge on any atom is -0.481 e. The summed E-state index contributed by atoms with van der Waals surface area (Å²) in [4.78, 5) is 11.1. The summed E-state index contributed by atoms with van der Waals surface area (Å²) in [6.45, 7) is 2.00. The van der Waals surface area contributed by atoms with Crippen LogP contribution in [-0.2, 0) is 4.79 Å². The molecule has 2 unspecified atom stereocenters. The predicted octanol–water partition coefficient (Wildman–Crippen LogP) is 2.72. The molecule has 2 atom stereocenters. The van der Waals surface area contributed by atoms with Crippen molar-refractivity contribution < 1.29 is 14.3 Å². The third kappa shape index (κ3) is 2.22. The number of aliphatic carboxylic acids is 1. The highest BCUT2D eigenvalue weighted by Crippen LogP contribution is 2.41. The number of hydrogen-bond donors (Lipinski definition) is 1. The maximum atomic E-state index is 13.7. The number of halogens is 1. The van der Waals surface area contributed by atoms with Crippen molar-refractivity contribution in [1.29, 1.82) is 0 Å². The van der Waals surface area contributed by atoms with E-state index >= 15 is 0 Å². The predicted molar refractivity (Wildman–Crippen MR) is 56.4 cm³/mol. The van der Waals surface area contributed by atoms with Crippen molar-refractivity contribution in [3.8, 4) is 0 Å². The molecular formula is C10H17FO2S. The molecule has 0 aromatic rings. The molecule has 0 saturated carbocycles. The first-order chi connectivity index (χ1) is 6.63. The lowest BCUT2D eigenvalue weighted by molar-refractivity contribution is -0.152. The molecule has 1 aliphatic heterocycles. The van der Waals surface area contributed by atoms with Gasteiger partial charge in [-0.3, -0.25) is 4.79 Å². The van der Waals surface area contributed by atoms with Crippen molar-refractivity contribution in [2.45, 2.75) is 38.8 Å². The molecule has 82 valence electrons. The van der Waals surface area contributed by atoms with E-state index in [0.29, 0.717) is 18.6 Å². The zero-order valence-corrected chi connectivity index (χ0v) is 9.28. The van der Waals surface area contributed by atoms with Crippen LogP contribution in [0, 0.1) is 5.41 Å². The summed E-state index contributed by atoms with van der Waals surface area (Å²) < 4.78 is 13.7. The van der Waals surface area contributed by atoms with Gasteiger partial charge in [0.05, 0.1) is 0 Å². The maximum Gasteiger partial charge on any atom is 0.313 e. The number of hydrogen-bond acceptors (Lipinski definition) is 2. The van der Waals surface area contributed by atoms with Gasteiger partial charge in [0.2, 0.25) is 0 Å². The molecule has 1 heterocycles. The monoisotopic (exact) mass is 220 g/mol. The molecule has 1 saturated heterocycles. The van der Waals surface area contributed by atoms with Gasteiger partial charge in [-0.2, -0.15) is 11.8 Å². The zero-order valence-electron chi connectivity index (χ0n) is 8.46. The summed E-state index contributed by atoms with van der Waals surface area (Å²) in [6, 6.07) is 0. The van der Waals surface area contributed by atoms with Crippen LogP contribution in [-0.4, -0.2) is 28.8 Å². The normalized spacial score (nSPS) is 32.9. The fourth-order valence-corrected chi connectivity index (χ4v) is 3.16. The lowest BCUT2D eigenvalue weighted by atomic mass is 9.79. The summed E-state index contributed by atoms with van der Waals surface area (Å²) in [5, 5.41) is 9.13. The SMILES string of the molecule is CCCCC1(C(=O)O)CSCCC1F. The Hall–Kier alpha value is -0.250. The standard InChI is InChI=1S/C10H17FO2S/c1-2-3-5-10(9(12)13)7-14-6-4-8(10)11/h8H,2-7H2,1H3,(H,12,13). The highest BCUT2D eigenvalue weighted by molar-refractivity contribution is 7.99. The van der Waals surface area contributed by atoms with E-state index in [0.717, 1.165) is 18.6 Å². The van der Waals surface area contributed by atoms with Gasteiger partial charge in [0.15, 0.2) is 0 Å². The Labute approximate surface area is 88.3 Å². The molecule has 0 aromatic heterocycles. The number of rotatable bonds is 4. The summed E-state index contributed by atoms with van der Waals surface area (Å²) in [7, 11) is 0. The number of carbonyl (C=O) groups is 1. The third-order valence-corrected chi connectivity index (χ3v) is 4.12. The molecule has 14 heavy (non-hydrogen) atoms. The van der Waals surface area contributed by atoms with Gasteiger partial charge >= 0.3 is 5.97 Å². The molecule has 0 aliphatic carbocycles. The van der Waals surface area contributed by atoms with E-state index in [1.54, 1.807) is 11.8 Å². The molecule has 0 aromatic carbocycles. The molecular weight excluding hydrogens is 203 g/mol. The van der Waals surface area contributed by atoms with Gasteiger partial charge in [0.1, 0.15) is 11.6 Å². The molecule has 1 rings (SSSR count). The quantitative estimate of drug-likeness (QED) is 0.791. The Morgan fingerprint density at radius 1 is 1.71 bits per heavy atom. The Morgan fingerprint density at radius 3 is 2.93 bits per heavy atom. The Morgan fingerprint density at radius 2 is 2.43 bits per heavy atom. The van der Waals surface area contributed by atoms with Crippen LogP contribution in [0.2, 0.25) is 0 Å². The first-order valence-electron chi connectivity index (χ1n) is 5.08. The maximum absolute atomic E-state index is 13.7. The fourth-order valence-electron chi connectivity index (χ4n) is 1.83. The van der Waals surface area contributed by atoms with Gasteiger partial charge in [-0.05, 0) is 18.6 Å². The number of unbranched alkanes of at least 4 members (excludes halogenated alkanes) is 1. The summed E-state index contributed by atoms with van der Waals surface area (Å²) in [5.74, 6) is 0.233. The van der Waals surface area contributed by atoms with Crippen molar-refractivity contribution in [3.63, 3.8) is 0 Å².